The van der Waals surface area contributed by atoms with E-state index in [9.17, 15) is 0 Å². The third-order valence-electron chi connectivity index (χ3n) is 3.07. The first-order chi connectivity index (χ1) is 6.72. The van der Waals surface area contributed by atoms with Crippen molar-refractivity contribution in [2.45, 2.75) is 39.2 Å². The van der Waals surface area contributed by atoms with Crippen molar-refractivity contribution < 1.29 is 0 Å². The molecule has 0 bridgehead atoms. The molecule has 2 N–H and O–H groups in total. The number of hydrogen-bond donors (Lipinski definition) is 1. The number of hydrogen-bond acceptors (Lipinski definition) is 2. The van der Waals surface area contributed by atoms with E-state index in [1.54, 1.807) is 0 Å². The van der Waals surface area contributed by atoms with E-state index in [2.05, 4.69) is 23.4 Å². The van der Waals surface area contributed by atoms with E-state index in [-0.39, 0.29) is 0 Å². The largest absolute Gasteiger partial charge is 0.332 e. The van der Waals surface area contributed by atoms with Crippen LogP contribution in [0.4, 0.5) is 0 Å². The highest BCUT2D eigenvalue weighted by Crippen LogP contribution is 2.24. The van der Waals surface area contributed by atoms with Gasteiger partial charge in [0.25, 0.3) is 0 Å². The van der Waals surface area contributed by atoms with Crippen molar-refractivity contribution in [2.24, 2.45) is 11.7 Å². The summed E-state index contributed by atoms with van der Waals surface area (Å²) in [4.78, 5) is 4.49. The minimum atomic E-state index is 0.514. The van der Waals surface area contributed by atoms with Crippen molar-refractivity contribution >= 4 is 0 Å². The minimum Gasteiger partial charge on any atom is -0.332 e. The summed E-state index contributed by atoms with van der Waals surface area (Å²) in [6.45, 7) is 6.26. The van der Waals surface area contributed by atoms with Gasteiger partial charge in [-0.15, -0.1) is 0 Å². The van der Waals surface area contributed by atoms with Crippen LogP contribution in [0.3, 0.4) is 0 Å². The van der Waals surface area contributed by atoms with Gasteiger partial charge in [0.2, 0.25) is 0 Å². The second kappa shape index (κ2) is 3.73. The Kier molecular flexibility index (Phi) is 2.59. The Balaban J connectivity index is 2.28. The molecule has 1 aliphatic rings. The summed E-state index contributed by atoms with van der Waals surface area (Å²) in [5.41, 5.74) is 7.11. The molecule has 1 unspecified atom stereocenters. The third-order valence-corrected chi connectivity index (χ3v) is 3.07. The molecule has 1 aliphatic heterocycles. The van der Waals surface area contributed by atoms with Crippen LogP contribution < -0.4 is 5.73 Å². The average Bonchev–Trinajstić information content (AvgIpc) is 2.59. The van der Waals surface area contributed by atoms with E-state index >= 15 is 0 Å². The standard InChI is InChI=1S/C11H19N3/c1-8(2)11-13-6-10-4-3-9(5-12)7-14(10)11/h6,8-9H,3-5,7,12H2,1-2H3. The van der Waals surface area contributed by atoms with E-state index in [0.29, 0.717) is 11.8 Å². The number of aryl methyl sites for hydroxylation is 1. The van der Waals surface area contributed by atoms with Crippen molar-refractivity contribution in [3.05, 3.63) is 17.7 Å². The summed E-state index contributed by atoms with van der Waals surface area (Å²) in [7, 11) is 0. The van der Waals surface area contributed by atoms with Gasteiger partial charge in [-0.05, 0) is 25.3 Å². The molecule has 3 nitrogen and oxygen atoms in total. The van der Waals surface area contributed by atoms with Crippen LogP contribution in [-0.4, -0.2) is 16.1 Å². The van der Waals surface area contributed by atoms with Crippen LogP contribution in [0, 0.1) is 5.92 Å². The zero-order valence-electron chi connectivity index (χ0n) is 9.03. The SMILES string of the molecule is CC(C)c1ncc2n1CC(CN)CC2. The molecule has 0 fully saturated rings. The Hall–Kier alpha value is -0.830. The molecule has 0 aromatic carbocycles. The molecule has 0 aliphatic carbocycles. The number of imidazole rings is 1. The van der Waals surface area contributed by atoms with Gasteiger partial charge in [0.1, 0.15) is 5.82 Å². The third kappa shape index (κ3) is 1.57. The van der Waals surface area contributed by atoms with Crippen LogP contribution in [0.5, 0.6) is 0 Å². The fourth-order valence-electron chi connectivity index (χ4n) is 2.19. The first kappa shape index (κ1) is 9.71. The molecule has 3 heteroatoms. The lowest BCUT2D eigenvalue weighted by Gasteiger charge is -2.25. The van der Waals surface area contributed by atoms with Crippen molar-refractivity contribution in [3.63, 3.8) is 0 Å². The van der Waals surface area contributed by atoms with Crippen molar-refractivity contribution in [3.8, 4) is 0 Å². The Morgan fingerprint density at radius 2 is 2.43 bits per heavy atom. The van der Waals surface area contributed by atoms with Gasteiger partial charge in [0, 0.05) is 24.4 Å². The monoisotopic (exact) mass is 193 g/mol. The van der Waals surface area contributed by atoms with Crippen LogP contribution >= 0.6 is 0 Å². The topological polar surface area (TPSA) is 43.8 Å². The van der Waals surface area contributed by atoms with Gasteiger partial charge in [-0.1, -0.05) is 13.8 Å². The highest BCUT2D eigenvalue weighted by Gasteiger charge is 2.21. The Morgan fingerprint density at radius 1 is 1.64 bits per heavy atom. The first-order valence-corrected chi connectivity index (χ1v) is 5.46. The molecule has 78 valence electrons. The fraction of sp³-hybridized carbons (Fsp3) is 0.727. The second-order valence-corrected chi connectivity index (χ2v) is 4.51. The normalized spacial score (nSPS) is 21.3. The maximum absolute atomic E-state index is 5.72. The molecule has 0 saturated carbocycles. The number of nitrogens with zero attached hydrogens (tertiary/aromatic N) is 2. The second-order valence-electron chi connectivity index (χ2n) is 4.51. The zero-order chi connectivity index (χ0) is 10.1. The summed E-state index contributed by atoms with van der Waals surface area (Å²) in [5, 5.41) is 0. The maximum atomic E-state index is 5.72. The molecule has 1 atom stereocenters. The lowest BCUT2D eigenvalue weighted by molar-refractivity contribution is 0.368. The Labute approximate surface area is 85.3 Å². The van der Waals surface area contributed by atoms with Gasteiger partial charge >= 0.3 is 0 Å². The van der Waals surface area contributed by atoms with Gasteiger partial charge in [-0.25, -0.2) is 4.98 Å². The smallest absolute Gasteiger partial charge is 0.111 e. The summed E-state index contributed by atoms with van der Waals surface area (Å²) >= 11 is 0. The summed E-state index contributed by atoms with van der Waals surface area (Å²) in [6.07, 6.45) is 4.39. The molecule has 0 amide bonds. The molecular weight excluding hydrogens is 174 g/mol. The lowest BCUT2D eigenvalue weighted by atomic mass is 9.98. The molecule has 0 radical (unpaired) electrons. The Morgan fingerprint density at radius 3 is 3.07 bits per heavy atom. The highest BCUT2D eigenvalue weighted by molar-refractivity contribution is 5.11. The zero-order valence-corrected chi connectivity index (χ0v) is 9.03. The van der Waals surface area contributed by atoms with Crippen LogP contribution in [-0.2, 0) is 13.0 Å². The van der Waals surface area contributed by atoms with E-state index in [1.807, 2.05) is 6.20 Å². The fourth-order valence-corrected chi connectivity index (χ4v) is 2.19. The lowest BCUT2D eigenvalue weighted by Crippen LogP contribution is -2.27. The van der Waals surface area contributed by atoms with E-state index < -0.39 is 0 Å². The summed E-state index contributed by atoms with van der Waals surface area (Å²) in [5.74, 6) is 2.38. The van der Waals surface area contributed by atoms with Gasteiger partial charge in [0.15, 0.2) is 0 Å². The molecule has 0 saturated heterocycles. The predicted octanol–water partition coefficient (Wildman–Crippen LogP) is 1.53. The average molecular weight is 193 g/mol. The maximum Gasteiger partial charge on any atom is 0.111 e. The Bertz CT molecular complexity index is 314. The van der Waals surface area contributed by atoms with Gasteiger partial charge in [0.05, 0.1) is 0 Å². The molecule has 2 rings (SSSR count). The van der Waals surface area contributed by atoms with E-state index in [4.69, 9.17) is 5.73 Å². The molecule has 1 aromatic heterocycles. The number of aromatic nitrogens is 2. The molecular formula is C11H19N3. The van der Waals surface area contributed by atoms with Crippen molar-refractivity contribution in [1.82, 2.24) is 9.55 Å². The van der Waals surface area contributed by atoms with Gasteiger partial charge in [-0.3, -0.25) is 0 Å². The molecule has 0 spiro atoms. The van der Waals surface area contributed by atoms with E-state index in [1.165, 1.54) is 17.9 Å². The number of rotatable bonds is 2. The highest BCUT2D eigenvalue weighted by atomic mass is 15.1. The van der Waals surface area contributed by atoms with Crippen LogP contribution in [0.2, 0.25) is 0 Å². The van der Waals surface area contributed by atoms with Crippen LogP contribution in [0.25, 0.3) is 0 Å². The van der Waals surface area contributed by atoms with Gasteiger partial charge < -0.3 is 10.3 Å². The van der Waals surface area contributed by atoms with Crippen molar-refractivity contribution in [2.75, 3.05) is 6.54 Å². The number of nitrogens with two attached hydrogens (primary N) is 1. The summed E-state index contributed by atoms with van der Waals surface area (Å²) in [6, 6.07) is 0. The van der Waals surface area contributed by atoms with Crippen molar-refractivity contribution in [1.29, 1.82) is 0 Å². The summed E-state index contributed by atoms with van der Waals surface area (Å²) < 4.78 is 2.37. The van der Waals surface area contributed by atoms with Crippen LogP contribution in [0.1, 0.15) is 37.7 Å². The number of fused-ring (bicyclic) bond motifs is 1. The quantitative estimate of drug-likeness (QED) is 0.774. The molecule has 1 aromatic rings. The first-order valence-electron chi connectivity index (χ1n) is 5.46. The predicted molar refractivity (Wildman–Crippen MR) is 57.2 cm³/mol. The van der Waals surface area contributed by atoms with E-state index in [0.717, 1.165) is 19.5 Å². The minimum absolute atomic E-state index is 0.514. The molecule has 2 heterocycles. The van der Waals surface area contributed by atoms with Crippen LogP contribution in [0.15, 0.2) is 6.20 Å². The molecule has 14 heavy (non-hydrogen) atoms. The van der Waals surface area contributed by atoms with Gasteiger partial charge in [-0.2, -0.15) is 0 Å².